The predicted octanol–water partition coefficient (Wildman–Crippen LogP) is 2.55. The van der Waals surface area contributed by atoms with Crippen LogP contribution in [-0.2, 0) is 13.1 Å². The third kappa shape index (κ3) is 3.10. The van der Waals surface area contributed by atoms with Gasteiger partial charge in [-0.2, -0.15) is 0 Å². The summed E-state index contributed by atoms with van der Waals surface area (Å²) in [6.07, 6.45) is 0. The van der Waals surface area contributed by atoms with E-state index in [0.717, 1.165) is 17.8 Å². The average Bonchev–Trinajstić information content (AvgIpc) is 2.69. The zero-order valence-electron chi connectivity index (χ0n) is 9.34. The van der Waals surface area contributed by atoms with Crippen molar-refractivity contribution in [3.05, 3.63) is 52.9 Å². The summed E-state index contributed by atoms with van der Waals surface area (Å²) < 4.78 is 31.1. The topological polar surface area (TPSA) is 38.1 Å². The van der Waals surface area contributed by atoms with Crippen molar-refractivity contribution in [1.82, 2.24) is 10.5 Å². The van der Waals surface area contributed by atoms with Gasteiger partial charge in [-0.15, -0.1) is 0 Å². The molecule has 0 radical (unpaired) electrons. The molecule has 0 unspecified atom stereocenters. The maximum Gasteiger partial charge on any atom is 0.150 e. The van der Waals surface area contributed by atoms with Gasteiger partial charge in [0.2, 0.25) is 0 Å². The number of nitrogens with one attached hydrogen (secondary N) is 1. The molecule has 1 aromatic carbocycles. The lowest BCUT2D eigenvalue weighted by molar-refractivity contribution is 0.369. The number of rotatable bonds is 4. The smallest absolute Gasteiger partial charge is 0.150 e. The van der Waals surface area contributed by atoms with Gasteiger partial charge < -0.3 is 9.84 Å². The van der Waals surface area contributed by atoms with Crippen molar-refractivity contribution in [3.8, 4) is 0 Å². The van der Waals surface area contributed by atoms with Crippen LogP contribution in [0.25, 0.3) is 0 Å². The first-order chi connectivity index (χ1) is 8.15. The molecule has 1 aromatic heterocycles. The minimum Gasteiger partial charge on any atom is -0.360 e. The Hall–Kier alpha value is -1.75. The lowest BCUT2D eigenvalue weighted by Gasteiger charge is -2.04. The molecule has 1 N–H and O–H groups in total. The van der Waals surface area contributed by atoms with Crippen LogP contribution in [0.3, 0.4) is 0 Å². The van der Waals surface area contributed by atoms with E-state index in [1.807, 2.05) is 6.92 Å². The molecule has 0 aliphatic heterocycles. The number of aryl methyl sites for hydroxylation is 1. The van der Waals surface area contributed by atoms with Crippen molar-refractivity contribution in [2.75, 3.05) is 0 Å². The number of halogens is 2. The van der Waals surface area contributed by atoms with Crippen LogP contribution in [0.1, 0.15) is 17.0 Å². The Bertz CT molecular complexity index is 511. The van der Waals surface area contributed by atoms with Gasteiger partial charge in [0.1, 0.15) is 11.6 Å². The Balaban J connectivity index is 1.91. The maximum absolute atomic E-state index is 13.3. The van der Waals surface area contributed by atoms with E-state index in [4.69, 9.17) is 4.52 Å². The zero-order valence-corrected chi connectivity index (χ0v) is 9.34. The summed E-state index contributed by atoms with van der Waals surface area (Å²) in [5, 5.41) is 6.68. The summed E-state index contributed by atoms with van der Waals surface area (Å²) in [4.78, 5) is 0. The van der Waals surface area contributed by atoms with Crippen molar-refractivity contribution in [2.24, 2.45) is 0 Å². The standard InChI is InChI=1S/C12H12F2N2O/c1-8-4-11(17-16-8)7-15-6-9-5-10(13)2-3-12(9)14/h2-5,15H,6-7H2,1H3. The van der Waals surface area contributed by atoms with Gasteiger partial charge >= 0.3 is 0 Å². The maximum atomic E-state index is 13.3. The van der Waals surface area contributed by atoms with Gasteiger partial charge in [0.05, 0.1) is 12.2 Å². The van der Waals surface area contributed by atoms with E-state index in [1.54, 1.807) is 6.07 Å². The molecule has 3 nitrogen and oxygen atoms in total. The molecule has 2 aromatic rings. The number of nitrogens with zero attached hydrogens (tertiary/aromatic N) is 1. The number of hydrogen-bond donors (Lipinski definition) is 1. The SMILES string of the molecule is Cc1cc(CNCc2cc(F)ccc2F)on1. The highest BCUT2D eigenvalue weighted by Crippen LogP contribution is 2.09. The van der Waals surface area contributed by atoms with E-state index in [0.29, 0.717) is 17.9 Å². The minimum atomic E-state index is -0.446. The molecule has 0 spiro atoms. The molecule has 0 fully saturated rings. The molecule has 0 saturated carbocycles. The van der Waals surface area contributed by atoms with Crippen LogP contribution in [0.2, 0.25) is 0 Å². The second-order valence-electron chi connectivity index (χ2n) is 3.77. The fourth-order valence-corrected chi connectivity index (χ4v) is 1.50. The van der Waals surface area contributed by atoms with Crippen molar-refractivity contribution in [3.63, 3.8) is 0 Å². The van der Waals surface area contributed by atoms with Crippen LogP contribution in [0, 0.1) is 18.6 Å². The summed E-state index contributed by atoms with van der Waals surface area (Å²) in [5.74, 6) is -0.203. The highest BCUT2D eigenvalue weighted by Gasteiger charge is 2.04. The minimum absolute atomic E-state index is 0.239. The van der Waals surface area contributed by atoms with Gasteiger partial charge in [-0.3, -0.25) is 0 Å². The second-order valence-corrected chi connectivity index (χ2v) is 3.77. The second kappa shape index (κ2) is 5.05. The van der Waals surface area contributed by atoms with Gasteiger partial charge in [0.25, 0.3) is 0 Å². The summed E-state index contributed by atoms with van der Waals surface area (Å²) in [6, 6.07) is 5.17. The first-order valence-electron chi connectivity index (χ1n) is 5.22. The molecule has 0 bridgehead atoms. The van der Waals surface area contributed by atoms with Crippen LogP contribution >= 0.6 is 0 Å². The molecule has 0 atom stereocenters. The molecule has 17 heavy (non-hydrogen) atoms. The molecule has 0 aliphatic carbocycles. The van der Waals surface area contributed by atoms with Crippen molar-refractivity contribution >= 4 is 0 Å². The molecular weight excluding hydrogens is 226 g/mol. The number of aromatic nitrogens is 1. The lowest BCUT2D eigenvalue weighted by atomic mass is 10.2. The van der Waals surface area contributed by atoms with Gasteiger partial charge in [-0.1, -0.05) is 5.16 Å². The van der Waals surface area contributed by atoms with E-state index in [-0.39, 0.29) is 6.54 Å². The van der Waals surface area contributed by atoms with Crippen molar-refractivity contribution < 1.29 is 13.3 Å². The molecule has 90 valence electrons. The fourth-order valence-electron chi connectivity index (χ4n) is 1.50. The van der Waals surface area contributed by atoms with E-state index in [2.05, 4.69) is 10.5 Å². The van der Waals surface area contributed by atoms with Crippen LogP contribution < -0.4 is 5.32 Å². The molecule has 0 saturated heterocycles. The van der Waals surface area contributed by atoms with Crippen LogP contribution in [0.15, 0.2) is 28.8 Å². The Morgan fingerprint density at radius 2 is 2.06 bits per heavy atom. The normalized spacial score (nSPS) is 10.8. The summed E-state index contributed by atoms with van der Waals surface area (Å²) >= 11 is 0. The summed E-state index contributed by atoms with van der Waals surface area (Å²) in [6.45, 7) is 2.49. The third-order valence-electron chi connectivity index (χ3n) is 2.30. The van der Waals surface area contributed by atoms with Gasteiger partial charge in [-0.05, 0) is 25.1 Å². The van der Waals surface area contributed by atoms with Crippen LogP contribution in [0.5, 0.6) is 0 Å². The monoisotopic (exact) mass is 238 g/mol. The highest BCUT2D eigenvalue weighted by molar-refractivity contribution is 5.18. The largest absolute Gasteiger partial charge is 0.360 e. The first-order valence-corrected chi connectivity index (χ1v) is 5.22. The lowest BCUT2D eigenvalue weighted by Crippen LogP contribution is -2.13. The first kappa shape index (κ1) is 11.7. The van der Waals surface area contributed by atoms with Gasteiger partial charge in [0.15, 0.2) is 5.76 Å². The third-order valence-corrected chi connectivity index (χ3v) is 2.30. The Morgan fingerprint density at radius 1 is 1.24 bits per heavy atom. The Labute approximate surface area is 97.4 Å². The molecule has 2 rings (SSSR count). The summed E-state index contributed by atoms with van der Waals surface area (Å²) in [7, 11) is 0. The predicted molar refractivity (Wildman–Crippen MR) is 58.1 cm³/mol. The average molecular weight is 238 g/mol. The summed E-state index contributed by atoms with van der Waals surface area (Å²) in [5.41, 5.74) is 1.08. The van der Waals surface area contributed by atoms with Gasteiger partial charge in [0, 0.05) is 18.2 Å². The molecule has 1 heterocycles. The molecular formula is C12H12F2N2O. The number of benzene rings is 1. The van der Waals surface area contributed by atoms with Crippen LogP contribution in [-0.4, -0.2) is 5.16 Å². The van der Waals surface area contributed by atoms with E-state index < -0.39 is 11.6 Å². The van der Waals surface area contributed by atoms with Gasteiger partial charge in [-0.25, -0.2) is 8.78 Å². The molecule has 0 aliphatic rings. The highest BCUT2D eigenvalue weighted by atomic mass is 19.1. The van der Waals surface area contributed by atoms with E-state index in [9.17, 15) is 8.78 Å². The van der Waals surface area contributed by atoms with E-state index >= 15 is 0 Å². The molecule has 5 heteroatoms. The molecule has 0 amide bonds. The Kier molecular flexibility index (Phi) is 3.49. The number of hydrogen-bond acceptors (Lipinski definition) is 3. The van der Waals surface area contributed by atoms with Crippen LogP contribution in [0.4, 0.5) is 8.78 Å². The van der Waals surface area contributed by atoms with E-state index in [1.165, 1.54) is 6.07 Å². The van der Waals surface area contributed by atoms with Crippen molar-refractivity contribution in [1.29, 1.82) is 0 Å². The zero-order chi connectivity index (χ0) is 12.3. The van der Waals surface area contributed by atoms with Crippen molar-refractivity contribution in [2.45, 2.75) is 20.0 Å². The Morgan fingerprint density at radius 3 is 2.76 bits per heavy atom. The fraction of sp³-hybridized carbons (Fsp3) is 0.250. The quantitative estimate of drug-likeness (QED) is 0.889.